The van der Waals surface area contributed by atoms with E-state index in [1.165, 1.54) is 19.2 Å². The summed E-state index contributed by atoms with van der Waals surface area (Å²) in [4.78, 5) is 0. The second-order valence-corrected chi connectivity index (χ2v) is 7.03. The van der Waals surface area contributed by atoms with Gasteiger partial charge in [0.2, 0.25) is 10.0 Å². The Labute approximate surface area is 108 Å². The van der Waals surface area contributed by atoms with Crippen molar-refractivity contribution in [3.63, 3.8) is 0 Å². The number of phenolic OH excluding ortho intramolecular Hbond substituents is 1. The lowest BCUT2D eigenvalue weighted by molar-refractivity contribution is 0.408. The first-order valence-corrected chi connectivity index (χ1v) is 7.16. The molecule has 1 aromatic carbocycles. The van der Waals surface area contributed by atoms with Crippen LogP contribution in [0.5, 0.6) is 11.5 Å². The second kappa shape index (κ2) is 5.06. The Bertz CT molecular complexity index is 517. The average molecular weight is 273 g/mol. The SMILES string of the molecule is COc1ccc(NS(=O)(=O)CC(C)(C)C)c(O)c1. The molecule has 0 bridgehead atoms. The lowest BCUT2D eigenvalue weighted by atomic mass is 10.0. The number of phenols is 1. The van der Waals surface area contributed by atoms with Crippen LogP contribution in [0.2, 0.25) is 0 Å². The van der Waals surface area contributed by atoms with Crippen LogP contribution in [0.3, 0.4) is 0 Å². The van der Waals surface area contributed by atoms with Crippen LogP contribution in [0.15, 0.2) is 18.2 Å². The van der Waals surface area contributed by atoms with Crippen molar-refractivity contribution in [2.75, 3.05) is 17.6 Å². The van der Waals surface area contributed by atoms with Crippen molar-refractivity contribution in [3.05, 3.63) is 18.2 Å². The van der Waals surface area contributed by atoms with Crippen LogP contribution < -0.4 is 9.46 Å². The van der Waals surface area contributed by atoms with E-state index < -0.39 is 10.0 Å². The Morgan fingerprint density at radius 3 is 2.39 bits per heavy atom. The Morgan fingerprint density at radius 1 is 1.33 bits per heavy atom. The molecule has 6 heteroatoms. The van der Waals surface area contributed by atoms with Crippen LogP contribution >= 0.6 is 0 Å². The summed E-state index contributed by atoms with van der Waals surface area (Å²) < 4.78 is 31.0. The number of hydrogen-bond acceptors (Lipinski definition) is 4. The first kappa shape index (κ1) is 14.6. The van der Waals surface area contributed by atoms with Crippen molar-refractivity contribution < 1.29 is 18.3 Å². The monoisotopic (exact) mass is 273 g/mol. The molecule has 0 saturated heterocycles. The molecule has 1 rings (SSSR count). The fourth-order valence-electron chi connectivity index (χ4n) is 1.50. The minimum atomic E-state index is -3.49. The third-order valence-corrected chi connectivity index (χ3v) is 3.87. The lowest BCUT2D eigenvalue weighted by Crippen LogP contribution is -2.26. The molecule has 0 amide bonds. The van der Waals surface area contributed by atoms with E-state index in [4.69, 9.17) is 4.74 Å². The number of methoxy groups -OCH3 is 1. The van der Waals surface area contributed by atoms with Gasteiger partial charge in [0.15, 0.2) is 0 Å². The molecule has 0 aromatic heterocycles. The highest BCUT2D eigenvalue weighted by Crippen LogP contribution is 2.29. The molecule has 0 aliphatic heterocycles. The van der Waals surface area contributed by atoms with Gasteiger partial charge in [-0.2, -0.15) is 0 Å². The summed E-state index contributed by atoms with van der Waals surface area (Å²) in [6, 6.07) is 4.40. The van der Waals surface area contributed by atoms with Crippen LogP contribution in [0.25, 0.3) is 0 Å². The molecule has 0 saturated carbocycles. The molecule has 18 heavy (non-hydrogen) atoms. The van der Waals surface area contributed by atoms with Gasteiger partial charge in [-0.15, -0.1) is 0 Å². The van der Waals surface area contributed by atoms with Gasteiger partial charge in [0.25, 0.3) is 0 Å². The molecule has 2 N–H and O–H groups in total. The lowest BCUT2D eigenvalue weighted by Gasteiger charge is -2.19. The summed E-state index contributed by atoms with van der Waals surface area (Å²) in [5, 5.41) is 9.68. The number of hydrogen-bond donors (Lipinski definition) is 2. The van der Waals surface area contributed by atoms with Crippen LogP contribution in [0.4, 0.5) is 5.69 Å². The van der Waals surface area contributed by atoms with E-state index in [-0.39, 0.29) is 22.6 Å². The molecule has 0 fully saturated rings. The van der Waals surface area contributed by atoms with Crippen molar-refractivity contribution >= 4 is 15.7 Å². The number of ether oxygens (including phenoxy) is 1. The summed E-state index contributed by atoms with van der Waals surface area (Å²) >= 11 is 0. The molecule has 0 radical (unpaired) electrons. The first-order valence-electron chi connectivity index (χ1n) is 5.50. The van der Waals surface area contributed by atoms with Gasteiger partial charge in [-0.05, 0) is 17.5 Å². The quantitative estimate of drug-likeness (QED) is 0.824. The normalized spacial score (nSPS) is 12.2. The molecular weight excluding hydrogens is 254 g/mol. The van der Waals surface area contributed by atoms with Crippen molar-refractivity contribution in [1.29, 1.82) is 0 Å². The van der Waals surface area contributed by atoms with Crippen molar-refractivity contribution in [3.8, 4) is 11.5 Å². The number of nitrogens with one attached hydrogen (secondary N) is 1. The highest BCUT2D eigenvalue weighted by Gasteiger charge is 2.22. The predicted octanol–water partition coefficient (Wildman–Crippen LogP) is 2.19. The smallest absolute Gasteiger partial charge is 0.233 e. The molecule has 0 heterocycles. The molecular formula is C12H19NO4S. The maximum absolute atomic E-state index is 11.9. The molecule has 0 spiro atoms. The summed E-state index contributed by atoms with van der Waals surface area (Å²) in [5.74, 6) is 0.281. The highest BCUT2D eigenvalue weighted by atomic mass is 32.2. The Morgan fingerprint density at radius 2 is 1.94 bits per heavy atom. The summed E-state index contributed by atoms with van der Waals surface area (Å²) in [5.41, 5.74) is -0.200. The van der Waals surface area contributed by atoms with E-state index in [0.717, 1.165) is 0 Å². The van der Waals surface area contributed by atoms with Gasteiger partial charge in [0.05, 0.1) is 18.6 Å². The molecule has 5 nitrogen and oxygen atoms in total. The fourth-order valence-corrected chi connectivity index (χ4v) is 3.22. The number of benzene rings is 1. The zero-order valence-corrected chi connectivity index (χ0v) is 11.8. The van der Waals surface area contributed by atoms with E-state index in [1.807, 2.05) is 20.8 Å². The largest absolute Gasteiger partial charge is 0.506 e. The Balaban J connectivity index is 2.91. The van der Waals surface area contributed by atoms with Crippen molar-refractivity contribution in [2.45, 2.75) is 20.8 Å². The van der Waals surface area contributed by atoms with Gasteiger partial charge < -0.3 is 9.84 Å². The van der Waals surface area contributed by atoms with Crippen LogP contribution in [0.1, 0.15) is 20.8 Å². The van der Waals surface area contributed by atoms with E-state index in [0.29, 0.717) is 5.75 Å². The molecule has 1 aromatic rings. The van der Waals surface area contributed by atoms with E-state index in [2.05, 4.69) is 4.72 Å². The number of sulfonamides is 1. The molecule has 0 aliphatic rings. The molecule has 0 aliphatic carbocycles. The maximum Gasteiger partial charge on any atom is 0.233 e. The van der Waals surface area contributed by atoms with Gasteiger partial charge in [-0.3, -0.25) is 4.72 Å². The zero-order valence-electron chi connectivity index (χ0n) is 11.0. The first-order chi connectivity index (χ1) is 8.13. The third-order valence-electron chi connectivity index (χ3n) is 2.09. The minimum Gasteiger partial charge on any atom is -0.506 e. The van der Waals surface area contributed by atoms with Gasteiger partial charge in [0.1, 0.15) is 11.5 Å². The Hall–Kier alpha value is -1.43. The van der Waals surface area contributed by atoms with Gasteiger partial charge in [-0.1, -0.05) is 20.8 Å². The predicted molar refractivity (Wildman–Crippen MR) is 71.5 cm³/mol. The fraction of sp³-hybridized carbons (Fsp3) is 0.500. The minimum absolute atomic E-state index is 0.0224. The number of rotatable bonds is 4. The molecule has 0 unspecified atom stereocenters. The number of aromatic hydroxyl groups is 1. The zero-order chi connectivity index (χ0) is 14.0. The van der Waals surface area contributed by atoms with E-state index in [1.54, 1.807) is 6.07 Å². The average Bonchev–Trinajstić information content (AvgIpc) is 2.17. The topological polar surface area (TPSA) is 75.6 Å². The van der Waals surface area contributed by atoms with E-state index >= 15 is 0 Å². The van der Waals surface area contributed by atoms with Crippen LogP contribution in [-0.4, -0.2) is 26.4 Å². The standard InChI is InChI=1S/C12H19NO4S/c1-12(2,3)8-18(15,16)13-10-6-5-9(17-4)7-11(10)14/h5-7,13-14H,8H2,1-4H3. The number of anilines is 1. The summed E-state index contributed by atoms with van der Waals surface area (Å²) in [6.45, 7) is 5.50. The van der Waals surface area contributed by atoms with Gasteiger partial charge >= 0.3 is 0 Å². The molecule has 102 valence electrons. The summed E-state index contributed by atoms with van der Waals surface area (Å²) in [6.07, 6.45) is 0. The second-order valence-electron chi connectivity index (χ2n) is 5.30. The third kappa shape index (κ3) is 4.44. The maximum atomic E-state index is 11.9. The van der Waals surface area contributed by atoms with Crippen LogP contribution in [0, 0.1) is 5.41 Å². The van der Waals surface area contributed by atoms with E-state index in [9.17, 15) is 13.5 Å². The molecule has 0 atom stereocenters. The van der Waals surface area contributed by atoms with Gasteiger partial charge in [-0.25, -0.2) is 8.42 Å². The van der Waals surface area contributed by atoms with Crippen molar-refractivity contribution in [1.82, 2.24) is 0 Å². The highest BCUT2D eigenvalue weighted by molar-refractivity contribution is 7.92. The van der Waals surface area contributed by atoms with Gasteiger partial charge in [0, 0.05) is 6.07 Å². The van der Waals surface area contributed by atoms with Crippen molar-refractivity contribution in [2.24, 2.45) is 5.41 Å². The van der Waals surface area contributed by atoms with Crippen LogP contribution in [-0.2, 0) is 10.0 Å². The Kier molecular flexibility index (Phi) is 4.11. The summed E-state index contributed by atoms with van der Waals surface area (Å²) in [7, 11) is -2.01.